The summed E-state index contributed by atoms with van der Waals surface area (Å²) in [4.78, 5) is 8.28. The van der Waals surface area contributed by atoms with Crippen molar-refractivity contribution in [2.45, 2.75) is 13.3 Å². The van der Waals surface area contributed by atoms with E-state index in [4.69, 9.17) is 9.47 Å². The van der Waals surface area contributed by atoms with Crippen molar-refractivity contribution in [2.24, 2.45) is 0 Å². The van der Waals surface area contributed by atoms with Gasteiger partial charge in [-0.2, -0.15) is 4.98 Å². The van der Waals surface area contributed by atoms with Crippen molar-refractivity contribution < 1.29 is 9.47 Å². The van der Waals surface area contributed by atoms with Gasteiger partial charge in [-0.25, -0.2) is 4.98 Å². The molecule has 1 N–H and O–H groups in total. The van der Waals surface area contributed by atoms with Crippen LogP contribution in [0.1, 0.15) is 12.0 Å². The molecule has 0 aliphatic carbocycles. The Bertz CT molecular complexity index is 305. The number of methoxy groups -OCH3 is 1. The third kappa shape index (κ3) is 3.71. The van der Waals surface area contributed by atoms with Crippen LogP contribution >= 0.6 is 0 Å². The van der Waals surface area contributed by atoms with Crippen molar-refractivity contribution in [3.8, 4) is 5.88 Å². The highest BCUT2D eigenvalue weighted by Crippen LogP contribution is 2.14. The molecular weight excluding hydrogens is 194 g/mol. The summed E-state index contributed by atoms with van der Waals surface area (Å²) in [6, 6.07) is 0. The van der Waals surface area contributed by atoms with E-state index in [1.165, 1.54) is 0 Å². The second kappa shape index (κ2) is 6.19. The maximum atomic E-state index is 5.51. The number of aryl methyl sites for hydroxylation is 1. The molecule has 0 aromatic carbocycles. The predicted octanol–water partition coefficient (Wildman–Crippen LogP) is 1.24. The van der Waals surface area contributed by atoms with Crippen LogP contribution in [-0.2, 0) is 4.74 Å². The fraction of sp³-hybridized carbons (Fsp3) is 0.600. The highest BCUT2D eigenvalue weighted by Gasteiger charge is 2.03. The Morgan fingerprint density at radius 3 is 2.87 bits per heavy atom. The van der Waals surface area contributed by atoms with Gasteiger partial charge >= 0.3 is 0 Å². The van der Waals surface area contributed by atoms with E-state index >= 15 is 0 Å². The summed E-state index contributed by atoms with van der Waals surface area (Å²) in [7, 11) is 3.45. The molecule has 0 radical (unpaired) electrons. The van der Waals surface area contributed by atoms with Gasteiger partial charge in [0.15, 0.2) is 0 Å². The molecule has 1 rings (SSSR count). The minimum atomic E-state index is 0.572. The predicted molar refractivity (Wildman–Crippen MR) is 58.3 cm³/mol. The average molecular weight is 211 g/mol. The summed E-state index contributed by atoms with van der Waals surface area (Å²) in [6.45, 7) is 3.23. The van der Waals surface area contributed by atoms with Gasteiger partial charge in [0.25, 0.3) is 0 Å². The molecule has 1 aromatic heterocycles. The zero-order valence-electron chi connectivity index (χ0n) is 9.41. The lowest BCUT2D eigenvalue weighted by Gasteiger charge is -2.08. The van der Waals surface area contributed by atoms with Crippen LogP contribution in [0.25, 0.3) is 0 Å². The van der Waals surface area contributed by atoms with E-state index in [0.717, 1.165) is 12.0 Å². The molecule has 84 valence electrons. The van der Waals surface area contributed by atoms with Gasteiger partial charge < -0.3 is 14.8 Å². The second-order valence-electron chi connectivity index (χ2n) is 3.13. The highest BCUT2D eigenvalue weighted by atomic mass is 16.5. The number of hydrogen-bond acceptors (Lipinski definition) is 5. The Balaban J connectivity index is 2.51. The van der Waals surface area contributed by atoms with Gasteiger partial charge in [0, 0.05) is 38.9 Å². The van der Waals surface area contributed by atoms with Gasteiger partial charge in [-0.1, -0.05) is 0 Å². The molecule has 0 spiro atoms. The molecular formula is C10H17N3O2. The number of rotatable bonds is 6. The van der Waals surface area contributed by atoms with Crippen molar-refractivity contribution in [1.82, 2.24) is 9.97 Å². The summed E-state index contributed by atoms with van der Waals surface area (Å²) in [5.41, 5.74) is 0.936. The molecule has 1 heterocycles. The summed E-state index contributed by atoms with van der Waals surface area (Å²) in [6.07, 6.45) is 2.60. The molecule has 0 atom stereocenters. The molecule has 15 heavy (non-hydrogen) atoms. The number of nitrogens with one attached hydrogen (secondary N) is 1. The molecule has 5 heteroatoms. The van der Waals surface area contributed by atoms with Crippen LogP contribution in [0.4, 0.5) is 5.95 Å². The van der Waals surface area contributed by atoms with E-state index in [-0.39, 0.29) is 0 Å². The zero-order chi connectivity index (χ0) is 11.1. The van der Waals surface area contributed by atoms with Crippen molar-refractivity contribution in [1.29, 1.82) is 0 Å². The Hall–Kier alpha value is -1.36. The van der Waals surface area contributed by atoms with Gasteiger partial charge in [0.1, 0.15) is 0 Å². The first kappa shape index (κ1) is 11.7. The summed E-state index contributed by atoms with van der Waals surface area (Å²) >= 11 is 0. The lowest BCUT2D eigenvalue weighted by atomic mass is 10.4. The topological polar surface area (TPSA) is 56.3 Å². The molecule has 0 saturated carbocycles. The van der Waals surface area contributed by atoms with E-state index in [9.17, 15) is 0 Å². The second-order valence-corrected chi connectivity index (χ2v) is 3.13. The van der Waals surface area contributed by atoms with Crippen LogP contribution in [0.3, 0.4) is 0 Å². The quantitative estimate of drug-likeness (QED) is 0.717. The van der Waals surface area contributed by atoms with Crippen LogP contribution < -0.4 is 10.1 Å². The number of aromatic nitrogens is 2. The Morgan fingerprint density at radius 1 is 1.40 bits per heavy atom. The van der Waals surface area contributed by atoms with Crippen LogP contribution in [0.5, 0.6) is 5.88 Å². The molecule has 5 nitrogen and oxygen atoms in total. The molecule has 0 amide bonds. The lowest BCUT2D eigenvalue weighted by Crippen LogP contribution is -2.06. The Labute approximate surface area is 89.8 Å². The third-order valence-corrected chi connectivity index (χ3v) is 1.88. The Kier molecular flexibility index (Phi) is 4.83. The smallest absolute Gasteiger partial charge is 0.225 e. The first-order valence-electron chi connectivity index (χ1n) is 4.91. The van der Waals surface area contributed by atoms with Crippen molar-refractivity contribution in [3.63, 3.8) is 0 Å². The summed E-state index contributed by atoms with van der Waals surface area (Å²) in [5, 5.41) is 2.87. The number of anilines is 1. The summed E-state index contributed by atoms with van der Waals surface area (Å²) in [5.74, 6) is 1.20. The van der Waals surface area contributed by atoms with Crippen molar-refractivity contribution in [2.75, 3.05) is 32.7 Å². The molecule has 0 aliphatic rings. The van der Waals surface area contributed by atoms with Gasteiger partial charge in [-0.15, -0.1) is 0 Å². The first-order valence-corrected chi connectivity index (χ1v) is 4.91. The van der Waals surface area contributed by atoms with E-state index in [0.29, 0.717) is 25.0 Å². The zero-order valence-corrected chi connectivity index (χ0v) is 9.41. The number of nitrogens with zero attached hydrogens (tertiary/aromatic N) is 2. The molecule has 0 fully saturated rings. The van der Waals surface area contributed by atoms with E-state index in [1.54, 1.807) is 20.4 Å². The van der Waals surface area contributed by atoms with Gasteiger partial charge in [-0.3, -0.25) is 0 Å². The first-order chi connectivity index (χ1) is 7.27. The molecule has 0 aliphatic heterocycles. The number of ether oxygens (including phenoxy) is 2. The van der Waals surface area contributed by atoms with Crippen molar-refractivity contribution in [3.05, 3.63) is 11.8 Å². The molecule has 0 saturated heterocycles. The standard InChI is InChI=1S/C10H17N3O2/c1-8-7-12-10(11-2)13-9(8)15-6-4-5-14-3/h7H,4-6H2,1-3H3,(H,11,12,13). The van der Waals surface area contributed by atoms with Crippen LogP contribution in [0.15, 0.2) is 6.20 Å². The fourth-order valence-corrected chi connectivity index (χ4v) is 1.07. The molecule has 0 bridgehead atoms. The van der Waals surface area contributed by atoms with Crippen LogP contribution in [0, 0.1) is 6.92 Å². The maximum absolute atomic E-state index is 5.51. The fourth-order valence-electron chi connectivity index (χ4n) is 1.07. The molecule has 0 unspecified atom stereocenters. The van der Waals surface area contributed by atoms with E-state index in [1.807, 2.05) is 6.92 Å². The average Bonchev–Trinajstić information content (AvgIpc) is 2.26. The van der Waals surface area contributed by atoms with E-state index in [2.05, 4.69) is 15.3 Å². The van der Waals surface area contributed by atoms with Crippen LogP contribution in [0.2, 0.25) is 0 Å². The van der Waals surface area contributed by atoms with Crippen molar-refractivity contribution >= 4 is 5.95 Å². The minimum absolute atomic E-state index is 0.572. The summed E-state index contributed by atoms with van der Waals surface area (Å²) < 4.78 is 10.4. The minimum Gasteiger partial charge on any atom is -0.477 e. The normalized spacial score (nSPS) is 10.1. The third-order valence-electron chi connectivity index (χ3n) is 1.88. The van der Waals surface area contributed by atoms with Gasteiger partial charge in [0.05, 0.1) is 6.61 Å². The monoisotopic (exact) mass is 211 g/mol. The molecule has 1 aromatic rings. The lowest BCUT2D eigenvalue weighted by molar-refractivity contribution is 0.170. The Morgan fingerprint density at radius 2 is 2.20 bits per heavy atom. The highest BCUT2D eigenvalue weighted by molar-refractivity contribution is 5.31. The van der Waals surface area contributed by atoms with Gasteiger partial charge in [-0.05, 0) is 6.92 Å². The largest absolute Gasteiger partial charge is 0.477 e. The maximum Gasteiger partial charge on any atom is 0.225 e. The van der Waals surface area contributed by atoms with Gasteiger partial charge in [0.2, 0.25) is 11.8 Å². The number of hydrogen-bond donors (Lipinski definition) is 1. The van der Waals surface area contributed by atoms with E-state index < -0.39 is 0 Å². The SMILES string of the molecule is CNc1ncc(C)c(OCCCOC)n1. The van der Waals surface area contributed by atoms with Crippen LogP contribution in [-0.4, -0.2) is 37.3 Å².